The summed E-state index contributed by atoms with van der Waals surface area (Å²) < 4.78 is 34.8. The number of rotatable bonds is 14. The molecule has 4 aromatic rings. The molecule has 0 bridgehead atoms. The molecule has 1 unspecified atom stereocenters. The normalized spacial score (nSPS) is 11.8. The maximum atomic E-state index is 14.5. The number of anilines is 1. The molecule has 0 radical (unpaired) electrons. The molecule has 1 atom stereocenters. The Balaban J connectivity index is 1.81. The van der Waals surface area contributed by atoms with Crippen LogP contribution < -0.4 is 14.4 Å². The Bertz CT molecular complexity index is 1740. The number of hydrogen-bond donors (Lipinski definition) is 1. The summed E-state index contributed by atoms with van der Waals surface area (Å²) in [6, 6.07) is 25.2. The van der Waals surface area contributed by atoms with Gasteiger partial charge in [-0.25, -0.2) is 8.42 Å². The third-order valence-corrected chi connectivity index (χ3v) is 9.72. The highest BCUT2D eigenvalue weighted by Gasteiger charge is 2.35. The van der Waals surface area contributed by atoms with Crippen LogP contribution in [-0.2, 0) is 32.6 Å². The molecular formula is C34H34Cl3N3O5S. The number of ether oxygens (including phenoxy) is 1. The van der Waals surface area contributed by atoms with Crippen molar-refractivity contribution in [2.45, 2.75) is 37.8 Å². The van der Waals surface area contributed by atoms with Crippen LogP contribution in [0.1, 0.15) is 25.0 Å². The molecule has 0 aliphatic carbocycles. The van der Waals surface area contributed by atoms with Crippen LogP contribution in [-0.4, -0.2) is 50.9 Å². The highest BCUT2D eigenvalue weighted by atomic mass is 35.5. The second-order valence-corrected chi connectivity index (χ2v) is 13.4. The first-order chi connectivity index (χ1) is 22.0. The molecule has 0 aliphatic heterocycles. The van der Waals surface area contributed by atoms with Gasteiger partial charge in [0.15, 0.2) is 0 Å². The standard InChI is InChI=1S/C34H34Cl3N3O5S/c1-3-38-34(42)32(20-24-8-6-5-7-9-24)39(22-25-10-11-27(36)21-31(25)37)33(41)23-40(28-14-16-29(17-15-28)45-4-2)46(43,44)30-18-12-26(35)13-19-30/h5-19,21,32H,3-4,20,22-23H2,1-2H3,(H,38,42). The topological polar surface area (TPSA) is 96.0 Å². The molecular weight excluding hydrogens is 669 g/mol. The van der Waals surface area contributed by atoms with Gasteiger partial charge in [-0.3, -0.25) is 13.9 Å². The van der Waals surface area contributed by atoms with Crippen molar-refractivity contribution in [3.63, 3.8) is 0 Å². The number of nitrogens with one attached hydrogen (secondary N) is 1. The Labute approximate surface area is 284 Å². The Hall–Kier alpha value is -3.76. The van der Waals surface area contributed by atoms with E-state index >= 15 is 0 Å². The maximum Gasteiger partial charge on any atom is 0.264 e. The lowest BCUT2D eigenvalue weighted by molar-refractivity contribution is -0.140. The van der Waals surface area contributed by atoms with Crippen molar-refractivity contribution < 1.29 is 22.7 Å². The molecule has 8 nitrogen and oxygen atoms in total. The molecule has 4 aromatic carbocycles. The Kier molecular flexibility index (Phi) is 12.3. The first kappa shape index (κ1) is 35.1. The first-order valence-electron chi connectivity index (χ1n) is 14.6. The van der Waals surface area contributed by atoms with Gasteiger partial charge < -0.3 is 15.0 Å². The van der Waals surface area contributed by atoms with E-state index in [1.54, 1.807) is 49.4 Å². The smallest absolute Gasteiger partial charge is 0.264 e. The van der Waals surface area contributed by atoms with E-state index in [0.29, 0.717) is 39.5 Å². The van der Waals surface area contributed by atoms with E-state index in [4.69, 9.17) is 39.5 Å². The summed E-state index contributed by atoms with van der Waals surface area (Å²) in [6.07, 6.45) is 0.177. The number of carbonyl (C=O) groups is 2. The van der Waals surface area contributed by atoms with Gasteiger partial charge in [-0.1, -0.05) is 71.2 Å². The Morgan fingerprint density at radius 1 is 0.848 bits per heavy atom. The minimum Gasteiger partial charge on any atom is -0.494 e. The molecule has 0 aliphatic rings. The van der Waals surface area contributed by atoms with Gasteiger partial charge in [0.05, 0.1) is 17.2 Å². The van der Waals surface area contributed by atoms with Crippen molar-refractivity contribution in [3.05, 3.63) is 123 Å². The van der Waals surface area contributed by atoms with Crippen LogP contribution >= 0.6 is 34.8 Å². The number of carbonyl (C=O) groups excluding carboxylic acids is 2. The predicted molar refractivity (Wildman–Crippen MR) is 183 cm³/mol. The molecule has 0 fully saturated rings. The van der Waals surface area contributed by atoms with Gasteiger partial charge in [-0.15, -0.1) is 0 Å². The van der Waals surface area contributed by atoms with Gasteiger partial charge in [0.1, 0.15) is 18.3 Å². The molecule has 0 heterocycles. The van der Waals surface area contributed by atoms with Gasteiger partial charge in [0.2, 0.25) is 11.8 Å². The number of amides is 2. The van der Waals surface area contributed by atoms with Crippen molar-refractivity contribution in [3.8, 4) is 5.75 Å². The number of benzene rings is 4. The molecule has 0 spiro atoms. The molecule has 242 valence electrons. The van der Waals surface area contributed by atoms with Crippen LogP contribution in [0, 0.1) is 0 Å². The van der Waals surface area contributed by atoms with E-state index < -0.39 is 34.4 Å². The van der Waals surface area contributed by atoms with Crippen LogP contribution in [0.15, 0.2) is 102 Å². The molecule has 12 heteroatoms. The second-order valence-electron chi connectivity index (χ2n) is 10.2. The van der Waals surface area contributed by atoms with Crippen molar-refractivity contribution in [2.75, 3.05) is 24.0 Å². The maximum absolute atomic E-state index is 14.5. The third kappa shape index (κ3) is 8.94. The first-order valence-corrected chi connectivity index (χ1v) is 17.2. The van der Waals surface area contributed by atoms with Gasteiger partial charge in [0.25, 0.3) is 10.0 Å². The molecule has 2 amide bonds. The van der Waals surface area contributed by atoms with Crippen molar-refractivity contribution in [1.29, 1.82) is 0 Å². The number of nitrogens with zero attached hydrogens (tertiary/aromatic N) is 2. The van der Waals surface area contributed by atoms with Crippen molar-refractivity contribution in [2.24, 2.45) is 0 Å². The summed E-state index contributed by atoms with van der Waals surface area (Å²) in [5, 5.41) is 3.90. The van der Waals surface area contributed by atoms with E-state index in [9.17, 15) is 18.0 Å². The van der Waals surface area contributed by atoms with E-state index in [2.05, 4.69) is 5.32 Å². The van der Waals surface area contributed by atoms with Crippen LogP contribution in [0.25, 0.3) is 0 Å². The number of hydrogen-bond acceptors (Lipinski definition) is 5. The van der Waals surface area contributed by atoms with Gasteiger partial charge >= 0.3 is 0 Å². The minimum absolute atomic E-state index is 0.0598. The number of likely N-dealkylation sites (N-methyl/N-ethyl adjacent to an activating group) is 1. The summed E-state index contributed by atoms with van der Waals surface area (Å²) in [5.41, 5.74) is 1.58. The molecule has 0 saturated carbocycles. The average molecular weight is 703 g/mol. The van der Waals surface area contributed by atoms with Crippen LogP contribution in [0.2, 0.25) is 15.1 Å². The average Bonchev–Trinajstić information content (AvgIpc) is 3.03. The summed E-state index contributed by atoms with van der Waals surface area (Å²) in [7, 11) is -4.28. The van der Waals surface area contributed by atoms with Crippen LogP contribution in [0.3, 0.4) is 0 Å². The van der Waals surface area contributed by atoms with Crippen molar-refractivity contribution >= 4 is 62.3 Å². The largest absolute Gasteiger partial charge is 0.494 e. The lowest BCUT2D eigenvalue weighted by atomic mass is 10.0. The number of sulfonamides is 1. The van der Waals surface area contributed by atoms with Gasteiger partial charge in [-0.05, 0) is 85.6 Å². The Morgan fingerprint density at radius 2 is 1.50 bits per heavy atom. The fraction of sp³-hybridized carbons (Fsp3) is 0.235. The summed E-state index contributed by atoms with van der Waals surface area (Å²) in [6.45, 7) is 3.68. The van der Waals surface area contributed by atoms with Crippen LogP contribution in [0.5, 0.6) is 5.75 Å². The summed E-state index contributed by atoms with van der Waals surface area (Å²) in [5.74, 6) is -0.470. The molecule has 1 N–H and O–H groups in total. The zero-order chi connectivity index (χ0) is 33.3. The highest BCUT2D eigenvalue weighted by Crippen LogP contribution is 2.29. The fourth-order valence-electron chi connectivity index (χ4n) is 4.82. The molecule has 0 aromatic heterocycles. The van der Waals surface area contributed by atoms with E-state index in [0.717, 1.165) is 9.87 Å². The molecule has 46 heavy (non-hydrogen) atoms. The molecule has 0 saturated heterocycles. The minimum atomic E-state index is -4.28. The third-order valence-electron chi connectivity index (χ3n) is 7.09. The van der Waals surface area contributed by atoms with Gasteiger partial charge in [0, 0.05) is 34.6 Å². The van der Waals surface area contributed by atoms with E-state index in [-0.39, 0.29) is 23.5 Å². The lowest BCUT2D eigenvalue weighted by Crippen LogP contribution is -2.53. The molecule has 4 rings (SSSR count). The second kappa shape index (κ2) is 16.2. The SMILES string of the molecule is CCNC(=O)C(Cc1ccccc1)N(Cc1ccc(Cl)cc1Cl)C(=O)CN(c1ccc(OCC)cc1)S(=O)(=O)c1ccc(Cl)cc1. The zero-order valence-corrected chi connectivity index (χ0v) is 28.4. The van der Waals surface area contributed by atoms with Crippen molar-refractivity contribution in [1.82, 2.24) is 10.2 Å². The van der Waals surface area contributed by atoms with Gasteiger partial charge in [-0.2, -0.15) is 0 Å². The number of halogens is 3. The highest BCUT2D eigenvalue weighted by molar-refractivity contribution is 7.92. The predicted octanol–water partition coefficient (Wildman–Crippen LogP) is 7.02. The van der Waals surface area contributed by atoms with Crippen LogP contribution in [0.4, 0.5) is 5.69 Å². The quantitative estimate of drug-likeness (QED) is 0.153. The summed E-state index contributed by atoms with van der Waals surface area (Å²) >= 11 is 18.7. The fourth-order valence-corrected chi connectivity index (χ4v) is 6.83. The lowest BCUT2D eigenvalue weighted by Gasteiger charge is -2.34. The van der Waals surface area contributed by atoms with E-state index in [1.165, 1.54) is 29.2 Å². The summed E-state index contributed by atoms with van der Waals surface area (Å²) in [4.78, 5) is 29.4. The monoisotopic (exact) mass is 701 g/mol. The van der Waals surface area contributed by atoms with E-state index in [1.807, 2.05) is 37.3 Å². The Morgan fingerprint density at radius 3 is 2.11 bits per heavy atom. The zero-order valence-electron chi connectivity index (χ0n) is 25.3.